The molecular formula is C13H24N2O2S2. The average molecular weight is 304 g/mol. The van der Waals surface area contributed by atoms with E-state index in [-0.39, 0.29) is 6.04 Å². The highest BCUT2D eigenvalue weighted by Gasteiger charge is 2.18. The second-order valence-corrected chi connectivity index (χ2v) is 7.81. The van der Waals surface area contributed by atoms with Crippen molar-refractivity contribution in [2.45, 2.75) is 64.1 Å². The molecule has 1 aromatic rings. The zero-order valence-corrected chi connectivity index (χ0v) is 13.7. The molecule has 1 unspecified atom stereocenters. The van der Waals surface area contributed by atoms with E-state index in [0.29, 0.717) is 17.5 Å². The zero-order valence-electron chi connectivity index (χ0n) is 12.1. The van der Waals surface area contributed by atoms with Gasteiger partial charge < -0.3 is 5.32 Å². The Morgan fingerprint density at radius 2 is 2.00 bits per heavy atom. The van der Waals surface area contributed by atoms with Gasteiger partial charge in [0.2, 0.25) is 10.0 Å². The third-order valence-electron chi connectivity index (χ3n) is 2.70. The van der Waals surface area contributed by atoms with Crippen LogP contribution in [0.2, 0.25) is 0 Å². The summed E-state index contributed by atoms with van der Waals surface area (Å²) in [5.74, 6) is 0. The van der Waals surface area contributed by atoms with Gasteiger partial charge in [0.25, 0.3) is 0 Å². The Hall–Kier alpha value is -0.430. The third-order valence-corrected chi connectivity index (χ3v) is 5.36. The molecule has 0 fully saturated rings. The minimum Gasteiger partial charge on any atom is -0.310 e. The van der Waals surface area contributed by atoms with Crippen molar-refractivity contribution >= 4 is 21.4 Å². The van der Waals surface area contributed by atoms with Crippen molar-refractivity contribution < 1.29 is 8.42 Å². The molecule has 1 rings (SSSR count). The molecule has 6 heteroatoms. The number of nitrogens with one attached hydrogen (secondary N) is 2. The second-order valence-electron chi connectivity index (χ2n) is 5.10. The predicted octanol–water partition coefficient (Wildman–Crippen LogP) is 2.71. The van der Waals surface area contributed by atoms with Crippen molar-refractivity contribution in [2.24, 2.45) is 0 Å². The fourth-order valence-electron chi connectivity index (χ4n) is 1.72. The van der Waals surface area contributed by atoms with E-state index in [4.69, 9.17) is 0 Å². The Labute approximate surface area is 120 Å². The Bertz CT molecular complexity index is 481. The maximum Gasteiger partial charge on any atom is 0.241 e. The molecule has 0 spiro atoms. The summed E-state index contributed by atoms with van der Waals surface area (Å²) in [6.45, 7) is 8.79. The van der Waals surface area contributed by atoms with Gasteiger partial charge in [-0.2, -0.15) is 0 Å². The first-order chi connectivity index (χ1) is 8.85. The molecule has 0 bridgehead atoms. The van der Waals surface area contributed by atoms with Crippen LogP contribution >= 0.6 is 11.3 Å². The molecule has 19 heavy (non-hydrogen) atoms. The molecule has 0 aliphatic carbocycles. The topological polar surface area (TPSA) is 58.2 Å². The fraction of sp³-hybridized carbons (Fsp3) is 0.692. The van der Waals surface area contributed by atoms with Crippen molar-refractivity contribution in [1.82, 2.24) is 10.0 Å². The number of rotatable bonds is 8. The number of hydrogen-bond donors (Lipinski definition) is 2. The monoisotopic (exact) mass is 304 g/mol. The van der Waals surface area contributed by atoms with Crippen molar-refractivity contribution in [3.05, 3.63) is 16.3 Å². The van der Waals surface area contributed by atoms with Crippen LogP contribution in [-0.4, -0.2) is 20.5 Å². The lowest BCUT2D eigenvalue weighted by molar-refractivity contribution is 0.544. The van der Waals surface area contributed by atoms with Gasteiger partial charge in [0.15, 0.2) is 0 Å². The fourth-order valence-corrected chi connectivity index (χ4v) is 4.23. The van der Waals surface area contributed by atoms with Gasteiger partial charge in [0.05, 0.1) is 4.90 Å². The molecule has 0 aliphatic rings. The van der Waals surface area contributed by atoms with E-state index in [2.05, 4.69) is 23.9 Å². The summed E-state index contributed by atoms with van der Waals surface area (Å²) in [5, 5.41) is 4.99. The zero-order chi connectivity index (χ0) is 14.5. The smallest absolute Gasteiger partial charge is 0.241 e. The quantitative estimate of drug-likeness (QED) is 0.776. The summed E-state index contributed by atoms with van der Waals surface area (Å²) < 4.78 is 27.0. The van der Waals surface area contributed by atoms with Crippen molar-refractivity contribution in [1.29, 1.82) is 0 Å². The third kappa shape index (κ3) is 5.60. The van der Waals surface area contributed by atoms with E-state index in [9.17, 15) is 8.42 Å². The molecule has 2 N–H and O–H groups in total. The molecule has 0 saturated heterocycles. The van der Waals surface area contributed by atoms with E-state index in [1.54, 1.807) is 11.4 Å². The summed E-state index contributed by atoms with van der Waals surface area (Å²) in [7, 11) is -3.37. The van der Waals surface area contributed by atoms with Gasteiger partial charge in [-0.3, -0.25) is 0 Å². The van der Waals surface area contributed by atoms with Gasteiger partial charge in [0.1, 0.15) is 0 Å². The average Bonchev–Trinajstić information content (AvgIpc) is 2.75. The van der Waals surface area contributed by atoms with Crippen molar-refractivity contribution in [3.8, 4) is 0 Å². The van der Waals surface area contributed by atoms with Crippen LogP contribution in [0.25, 0.3) is 0 Å². The van der Waals surface area contributed by atoms with Crippen LogP contribution in [-0.2, 0) is 16.6 Å². The van der Waals surface area contributed by atoms with Gasteiger partial charge in [-0.05, 0) is 19.4 Å². The molecule has 110 valence electrons. The summed E-state index contributed by atoms with van der Waals surface area (Å²) >= 11 is 1.48. The highest BCUT2D eigenvalue weighted by molar-refractivity contribution is 7.89. The lowest BCUT2D eigenvalue weighted by atomic mass is 10.2. The standard InChI is InChI=1S/C13H24N2O2S2/c1-5-6-11(4)15-19(16,17)13-7-12(18-9-13)8-14-10(2)3/h7,9-11,14-15H,5-6,8H2,1-4H3. The van der Waals surface area contributed by atoms with Crippen LogP contribution in [0.5, 0.6) is 0 Å². The lowest BCUT2D eigenvalue weighted by Gasteiger charge is -2.12. The first-order valence-electron chi connectivity index (χ1n) is 6.68. The van der Waals surface area contributed by atoms with Crippen LogP contribution in [0.3, 0.4) is 0 Å². The van der Waals surface area contributed by atoms with E-state index < -0.39 is 10.0 Å². The van der Waals surface area contributed by atoms with Crippen molar-refractivity contribution in [2.75, 3.05) is 0 Å². The molecular weight excluding hydrogens is 280 g/mol. The highest BCUT2D eigenvalue weighted by atomic mass is 32.2. The molecule has 1 heterocycles. The highest BCUT2D eigenvalue weighted by Crippen LogP contribution is 2.19. The van der Waals surface area contributed by atoms with Gasteiger partial charge >= 0.3 is 0 Å². The normalized spacial score (nSPS) is 13.9. The van der Waals surface area contributed by atoms with Gasteiger partial charge in [-0.1, -0.05) is 27.2 Å². The van der Waals surface area contributed by atoms with E-state index in [1.807, 2.05) is 13.8 Å². The SMILES string of the molecule is CCCC(C)NS(=O)(=O)c1csc(CNC(C)C)c1. The number of thiophene rings is 1. The molecule has 0 saturated carbocycles. The van der Waals surface area contributed by atoms with Gasteiger partial charge in [0, 0.05) is 28.9 Å². The number of hydrogen-bond acceptors (Lipinski definition) is 4. The maximum atomic E-state index is 12.1. The first-order valence-corrected chi connectivity index (χ1v) is 9.04. The van der Waals surface area contributed by atoms with Crippen LogP contribution in [0.15, 0.2) is 16.3 Å². The van der Waals surface area contributed by atoms with Crippen LogP contribution in [0, 0.1) is 0 Å². The van der Waals surface area contributed by atoms with E-state index in [1.165, 1.54) is 11.3 Å². The minimum absolute atomic E-state index is 0.0212. The van der Waals surface area contributed by atoms with Gasteiger partial charge in [-0.15, -0.1) is 11.3 Å². The number of sulfonamides is 1. The lowest BCUT2D eigenvalue weighted by Crippen LogP contribution is -2.32. The van der Waals surface area contributed by atoms with E-state index >= 15 is 0 Å². The minimum atomic E-state index is -3.37. The van der Waals surface area contributed by atoms with Crippen LogP contribution in [0.1, 0.15) is 45.4 Å². The largest absolute Gasteiger partial charge is 0.310 e. The van der Waals surface area contributed by atoms with Crippen molar-refractivity contribution in [3.63, 3.8) is 0 Å². The first kappa shape index (κ1) is 16.6. The molecule has 0 aliphatic heterocycles. The second kappa shape index (κ2) is 7.38. The molecule has 1 atom stereocenters. The molecule has 0 amide bonds. The maximum absolute atomic E-state index is 12.1. The predicted molar refractivity (Wildman–Crippen MR) is 81.0 cm³/mol. The summed E-state index contributed by atoms with van der Waals surface area (Å²) in [6.07, 6.45) is 1.82. The van der Waals surface area contributed by atoms with Crippen LogP contribution < -0.4 is 10.0 Å². The summed E-state index contributed by atoms with van der Waals surface area (Å²) in [4.78, 5) is 1.42. The Morgan fingerprint density at radius 3 is 2.58 bits per heavy atom. The summed E-state index contributed by atoms with van der Waals surface area (Å²) in [6, 6.07) is 2.12. The Morgan fingerprint density at radius 1 is 1.32 bits per heavy atom. The molecule has 1 aromatic heterocycles. The Balaban J connectivity index is 2.68. The Kier molecular flexibility index (Phi) is 6.46. The van der Waals surface area contributed by atoms with Gasteiger partial charge in [-0.25, -0.2) is 13.1 Å². The van der Waals surface area contributed by atoms with Crippen LogP contribution in [0.4, 0.5) is 0 Å². The molecule has 4 nitrogen and oxygen atoms in total. The summed E-state index contributed by atoms with van der Waals surface area (Å²) in [5.41, 5.74) is 0. The van der Waals surface area contributed by atoms with E-state index in [0.717, 1.165) is 17.7 Å². The molecule has 0 radical (unpaired) electrons. The molecule has 0 aromatic carbocycles.